The van der Waals surface area contributed by atoms with Crippen LogP contribution in [0.3, 0.4) is 0 Å². The summed E-state index contributed by atoms with van der Waals surface area (Å²) < 4.78 is 7.81. The Morgan fingerprint density at radius 1 is 1.03 bits per heavy atom. The van der Waals surface area contributed by atoms with Crippen LogP contribution in [0.15, 0.2) is 67.0 Å². The smallest absolute Gasteiger partial charge is 0.325 e. The molecule has 1 aliphatic heterocycles. The van der Waals surface area contributed by atoms with Gasteiger partial charge in [0.05, 0.1) is 5.52 Å². The number of fused-ring (bicyclic) bond motifs is 1. The predicted octanol–water partition coefficient (Wildman–Crippen LogP) is 6.03. The van der Waals surface area contributed by atoms with Gasteiger partial charge in [0.15, 0.2) is 0 Å². The van der Waals surface area contributed by atoms with Crippen LogP contribution in [0.4, 0.5) is 10.6 Å². The Morgan fingerprint density at radius 2 is 1.79 bits per heavy atom. The Morgan fingerprint density at radius 3 is 2.49 bits per heavy atom. The highest BCUT2D eigenvalue weighted by Gasteiger charge is 2.20. The number of carbonyl (C=O) groups is 2. The van der Waals surface area contributed by atoms with Gasteiger partial charge in [0.2, 0.25) is 0 Å². The zero-order valence-electron chi connectivity index (χ0n) is 22.7. The van der Waals surface area contributed by atoms with Crippen LogP contribution in [0.5, 0.6) is 11.5 Å². The first-order chi connectivity index (χ1) is 19.0. The number of ether oxygens (including phenoxy) is 1. The molecular weight excluding hydrogens is 490 g/mol. The van der Waals surface area contributed by atoms with E-state index in [4.69, 9.17) is 4.74 Å². The van der Waals surface area contributed by atoms with Crippen molar-refractivity contribution in [3.63, 3.8) is 0 Å². The number of anilines is 1. The van der Waals surface area contributed by atoms with Crippen molar-refractivity contribution >= 4 is 28.7 Å². The normalized spacial score (nSPS) is 14.3. The minimum atomic E-state index is -0.210. The van der Waals surface area contributed by atoms with Gasteiger partial charge in [-0.05, 0) is 92.3 Å². The second kappa shape index (κ2) is 11.7. The zero-order chi connectivity index (χ0) is 27.4. The molecule has 0 bridgehead atoms. The third-order valence-electron chi connectivity index (χ3n) is 7.57. The van der Waals surface area contributed by atoms with E-state index in [9.17, 15) is 9.59 Å². The number of rotatable bonds is 7. The predicted molar refractivity (Wildman–Crippen MR) is 154 cm³/mol. The van der Waals surface area contributed by atoms with Gasteiger partial charge in [0, 0.05) is 36.5 Å². The van der Waals surface area contributed by atoms with Crippen molar-refractivity contribution in [1.29, 1.82) is 0 Å². The molecule has 8 heteroatoms. The molecule has 3 heterocycles. The van der Waals surface area contributed by atoms with E-state index < -0.39 is 0 Å². The summed E-state index contributed by atoms with van der Waals surface area (Å²) in [5.74, 6) is 2.02. The SMILES string of the molecule is CCc1cc2c(ccn2C(=O)NC)cc1Oc1ccnc(NC(=O)c2ccc(C3CCN(CC)CC3)cc2)c1. The van der Waals surface area contributed by atoms with Crippen LogP contribution >= 0.6 is 0 Å². The first kappa shape index (κ1) is 26.4. The summed E-state index contributed by atoms with van der Waals surface area (Å²) in [6.45, 7) is 7.61. The summed E-state index contributed by atoms with van der Waals surface area (Å²) in [5, 5.41) is 6.44. The molecule has 2 amide bonds. The molecule has 0 radical (unpaired) electrons. The molecule has 2 N–H and O–H groups in total. The third-order valence-corrected chi connectivity index (χ3v) is 7.57. The van der Waals surface area contributed by atoms with Gasteiger partial charge >= 0.3 is 6.03 Å². The van der Waals surface area contributed by atoms with E-state index in [1.54, 1.807) is 36.1 Å². The number of carbonyl (C=O) groups excluding carboxylic acids is 2. The first-order valence-electron chi connectivity index (χ1n) is 13.6. The molecule has 202 valence electrons. The highest BCUT2D eigenvalue weighted by Crippen LogP contribution is 2.32. The van der Waals surface area contributed by atoms with Gasteiger partial charge in [-0.1, -0.05) is 26.0 Å². The van der Waals surface area contributed by atoms with Gasteiger partial charge in [-0.25, -0.2) is 9.78 Å². The number of aromatic nitrogens is 2. The second-order valence-corrected chi connectivity index (χ2v) is 9.88. The van der Waals surface area contributed by atoms with E-state index in [0.717, 1.165) is 55.4 Å². The summed E-state index contributed by atoms with van der Waals surface area (Å²) in [6.07, 6.45) is 6.40. The van der Waals surface area contributed by atoms with Crippen LogP contribution < -0.4 is 15.4 Å². The number of nitrogens with zero attached hydrogens (tertiary/aromatic N) is 3. The molecule has 0 spiro atoms. The molecule has 39 heavy (non-hydrogen) atoms. The van der Waals surface area contributed by atoms with E-state index in [1.165, 1.54) is 5.56 Å². The van der Waals surface area contributed by atoms with Gasteiger partial charge in [-0.3, -0.25) is 9.36 Å². The number of benzene rings is 2. The first-order valence-corrected chi connectivity index (χ1v) is 13.6. The van der Waals surface area contributed by atoms with Crippen molar-refractivity contribution in [3.05, 3.63) is 83.7 Å². The van der Waals surface area contributed by atoms with Gasteiger partial charge < -0.3 is 20.3 Å². The van der Waals surface area contributed by atoms with Crippen molar-refractivity contribution in [2.45, 2.75) is 39.0 Å². The molecule has 0 saturated carbocycles. The summed E-state index contributed by atoms with van der Waals surface area (Å²) in [7, 11) is 1.61. The number of amides is 2. The number of hydrogen-bond donors (Lipinski definition) is 2. The lowest BCUT2D eigenvalue weighted by Gasteiger charge is -2.31. The number of likely N-dealkylation sites (tertiary alicyclic amines) is 1. The number of aryl methyl sites for hydroxylation is 1. The molecular formula is C31H35N5O3. The highest BCUT2D eigenvalue weighted by atomic mass is 16.5. The van der Waals surface area contributed by atoms with E-state index in [2.05, 4.69) is 39.6 Å². The third kappa shape index (κ3) is 5.81. The Kier molecular flexibility index (Phi) is 7.93. The fourth-order valence-electron chi connectivity index (χ4n) is 5.22. The molecule has 8 nitrogen and oxygen atoms in total. The minimum absolute atomic E-state index is 0.192. The standard InChI is InChI=1S/C31H35N5O3/c1-4-21-18-27-25(13-17-36(27)31(38)32-3)19-28(21)39-26-10-14-33-29(20-26)34-30(37)24-8-6-22(7-9-24)23-11-15-35(5-2)16-12-23/h6-10,13-14,17-20,23H,4-5,11-12,15-16H2,1-3H3,(H,32,38)(H,33,34,37). The maximum atomic E-state index is 12.9. The van der Waals surface area contributed by atoms with Crippen molar-refractivity contribution in [3.8, 4) is 11.5 Å². The van der Waals surface area contributed by atoms with Crippen LogP contribution in [-0.2, 0) is 6.42 Å². The molecule has 0 atom stereocenters. The maximum absolute atomic E-state index is 12.9. The van der Waals surface area contributed by atoms with Crippen molar-refractivity contribution in [2.75, 3.05) is 32.0 Å². The lowest BCUT2D eigenvalue weighted by Crippen LogP contribution is -2.32. The van der Waals surface area contributed by atoms with E-state index in [1.807, 2.05) is 37.3 Å². The molecule has 4 aromatic rings. The lowest BCUT2D eigenvalue weighted by atomic mass is 9.89. The van der Waals surface area contributed by atoms with Crippen LogP contribution in [0.25, 0.3) is 10.9 Å². The average molecular weight is 526 g/mol. The molecule has 1 fully saturated rings. The molecule has 1 aliphatic rings. The minimum Gasteiger partial charge on any atom is -0.457 e. The summed E-state index contributed by atoms with van der Waals surface area (Å²) in [4.78, 5) is 31.9. The quantitative estimate of drug-likeness (QED) is 0.308. The molecule has 0 aliphatic carbocycles. The molecule has 0 unspecified atom stereocenters. The van der Waals surface area contributed by atoms with Gasteiger partial charge in [0.25, 0.3) is 5.91 Å². The largest absolute Gasteiger partial charge is 0.457 e. The summed E-state index contributed by atoms with van der Waals surface area (Å²) in [5.41, 5.74) is 3.68. The van der Waals surface area contributed by atoms with Crippen molar-refractivity contribution in [2.24, 2.45) is 0 Å². The number of piperidine rings is 1. The fraction of sp³-hybridized carbons (Fsp3) is 0.323. The average Bonchev–Trinajstić information content (AvgIpc) is 3.39. The number of nitrogens with one attached hydrogen (secondary N) is 2. The molecule has 2 aromatic heterocycles. The van der Waals surface area contributed by atoms with Crippen molar-refractivity contribution < 1.29 is 14.3 Å². The van der Waals surface area contributed by atoms with Crippen molar-refractivity contribution in [1.82, 2.24) is 19.8 Å². The zero-order valence-corrected chi connectivity index (χ0v) is 22.7. The Labute approximate surface area is 229 Å². The van der Waals surface area contributed by atoms with Crippen LogP contribution in [0, 0.1) is 0 Å². The lowest BCUT2D eigenvalue weighted by molar-refractivity contribution is 0.102. The van der Waals surface area contributed by atoms with Gasteiger partial charge in [-0.15, -0.1) is 0 Å². The molecule has 5 rings (SSSR count). The van der Waals surface area contributed by atoms with Crippen LogP contribution in [0.1, 0.15) is 54.1 Å². The van der Waals surface area contributed by atoms with E-state index in [0.29, 0.717) is 28.8 Å². The Bertz CT molecular complexity index is 1470. The molecule has 2 aromatic carbocycles. The van der Waals surface area contributed by atoms with Crippen LogP contribution in [0.2, 0.25) is 0 Å². The van der Waals surface area contributed by atoms with Crippen LogP contribution in [-0.4, -0.2) is 53.1 Å². The van der Waals surface area contributed by atoms with E-state index in [-0.39, 0.29) is 11.9 Å². The maximum Gasteiger partial charge on any atom is 0.325 e. The Balaban J connectivity index is 1.27. The Hall–Kier alpha value is -4.17. The molecule has 1 saturated heterocycles. The number of pyridine rings is 1. The summed E-state index contributed by atoms with van der Waals surface area (Å²) >= 11 is 0. The monoisotopic (exact) mass is 525 g/mol. The fourth-order valence-corrected chi connectivity index (χ4v) is 5.22. The van der Waals surface area contributed by atoms with E-state index >= 15 is 0 Å². The van der Waals surface area contributed by atoms with Gasteiger partial charge in [0.1, 0.15) is 17.3 Å². The topological polar surface area (TPSA) is 88.5 Å². The number of hydrogen-bond acceptors (Lipinski definition) is 5. The highest BCUT2D eigenvalue weighted by molar-refractivity contribution is 6.03. The summed E-state index contributed by atoms with van der Waals surface area (Å²) in [6, 6.07) is 17.0. The second-order valence-electron chi connectivity index (χ2n) is 9.88. The van der Waals surface area contributed by atoms with Gasteiger partial charge in [-0.2, -0.15) is 0 Å².